The van der Waals surface area contributed by atoms with Gasteiger partial charge in [0.25, 0.3) is 5.56 Å². The van der Waals surface area contributed by atoms with Gasteiger partial charge in [-0.2, -0.15) is 4.68 Å². The molecule has 2 N–H and O–H groups in total. The molecule has 1 aliphatic rings. The van der Waals surface area contributed by atoms with Crippen LogP contribution in [0.3, 0.4) is 0 Å². The summed E-state index contributed by atoms with van der Waals surface area (Å²) in [6, 6.07) is 16.0. The maximum Gasteiger partial charge on any atom is 0.251 e. The Morgan fingerprint density at radius 3 is 2.63 bits per heavy atom. The standard InChI is InChI=1S/C26H20Cl2N8O2/c1-14(37)30-18-5-2-15(3-6-18)26-31-24(25(28)32-26)22-9-7-19-10-16(11-23(38)36(19)22)20-12-17(27)4-8-21(20)35-13-29-33-34-35/h2-6,8,10-13,22H,7,9H2,1H3,(H,30,37)(H,31,32)/t22-/m0/s1. The minimum absolute atomic E-state index is 0.142. The van der Waals surface area contributed by atoms with Gasteiger partial charge in [0, 0.05) is 40.5 Å². The highest BCUT2D eigenvalue weighted by Gasteiger charge is 2.29. The fourth-order valence-electron chi connectivity index (χ4n) is 4.87. The van der Waals surface area contributed by atoms with Crippen molar-refractivity contribution in [1.82, 2.24) is 34.7 Å². The van der Waals surface area contributed by atoms with Gasteiger partial charge < -0.3 is 14.9 Å². The molecule has 4 heterocycles. The van der Waals surface area contributed by atoms with Crippen LogP contribution in [0.2, 0.25) is 10.2 Å². The van der Waals surface area contributed by atoms with Crippen LogP contribution in [0.5, 0.6) is 0 Å². The van der Waals surface area contributed by atoms with Crippen LogP contribution in [0.15, 0.2) is 65.7 Å². The van der Waals surface area contributed by atoms with Crippen LogP contribution in [0.4, 0.5) is 5.69 Å². The number of imidazole rings is 1. The second-order valence-corrected chi connectivity index (χ2v) is 9.76. The van der Waals surface area contributed by atoms with Gasteiger partial charge in [0.1, 0.15) is 12.2 Å². The molecular formula is C26H20Cl2N8O2. The number of pyridine rings is 1. The number of hydrogen-bond acceptors (Lipinski definition) is 6. The van der Waals surface area contributed by atoms with E-state index in [2.05, 4.69) is 30.8 Å². The molecule has 1 amide bonds. The number of fused-ring (bicyclic) bond motifs is 1. The summed E-state index contributed by atoms with van der Waals surface area (Å²) in [5.74, 6) is 0.444. The molecule has 38 heavy (non-hydrogen) atoms. The van der Waals surface area contributed by atoms with Crippen molar-refractivity contribution in [2.75, 3.05) is 5.32 Å². The molecule has 0 aliphatic carbocycles. The summed E-state index contributed by atoms with van der Waals surface area (Å²) in [7, 11) is 0. The predicted molar refractivity (Wildman–Crippen MR) is 144 cm³/mol. The smallest absolute Gasteiger partial charge is 0.251 e. The molecule has 0 bridgehead atoms. The van der Waals surface area contributed by atoms with E-state index in [0.717, 1.165) is 22.4 Å². The molecular weight excluding hydrogens is 527 g/mol. The number of H-pyrrole nitrogens is 1. The van der Waals surface area contributed by atoms with E-state index in [-0.39, 0.29) is 17.5 Å². The lowest BCUT2D eigenvalue weighted by molar-refractivity contribution is -0.114. The lowest BCUT2D eigenvalue weighted by Gasteiger charge is -2.15. The minimum Gasteiger partial charge on any atom is -0.339 e. The molecule has 190 valence electrons. The number of amides is 1. The van der Waals surface area contributed by atoms with Crippen molar-refractivity contribution in [2.24, 2.45) is 0 Å². The van der Waals surface area contributed by atoms with E-state index in [9.17, 15) is 9.59 Å². The number of aromatic nitrogens is 7. The van der Waals surface area contributed by atoms with Gasteiger partial charge in [-0.15, -0.1) is 5.10 Å². The van der Waals surface area contributed by atoms with Crippen LogP contribution in [-0.2, 0) is 11.2 Å². The zero-order valence-corrected chi connectivity index (χ0v) is 21.5. The Morgan fingerprint density at radius 1 is 1.08 bits per heavy atom. The third kappa shape index (κ3) is 4.37. The van der Waals surface area contributed by atoms with Crippen molar-refractivity contribution >= 4 is 34.8 Å². The van der Waals surface area contributed by atoms with Crippen molar-refractivity contribution in [1.29, 1.82) is 0 Å². The first kappa shape index (κ1) is 24.1. The number of tetrazole rings is 1. The van der Waals surface area contributed by atoms with Gasteiger partial charge >= 0.3 is 0 Å². The van der Waals surface area contributed by atoms with E-state index in [1.807, 2.05) is 24.3 Å². The summed E-state index contributed by atoms with van der Waals surface area (Å²) in [5, 5.41) is 15.0. The molecule has 0 saturated carbocycles. The van der Waals surface area contributed by atoms with Crippen LogP contribution in [-0.4, -0.2) is 40.6 Å². The predicted octanol–water partition coefficient (Wildman–Crippen LogP) is 4.68. The number of anilines is 1. The number of carbonyl (C=O) groups is 1. The Labute approximate surface area is 226 Å². The second-order valence-electron chi connectivity index (χ2n) is 8.96. The van der Waals surface area contributed by atoms with E-state index in [1.54, 1.807) is 34.9 Å². The molecule has 0 spiro atoms. The average Bonchev–Trinajstić information content (AvgIpc) is 3.64. The lowest BCUT2D eigenvalue weighted by atomic mass is 10.0. The van der Waals surface area contributed by atoms with Crippen LogP contribution in [0.1, 0.15) is 30.8 Å². The van der Waals surface area contributed by atoms with Crippen molar-refractivity contribution in [2.45, 2.75) is 25.8 Å². The molecule has 6 rings (SSSR count). The zero-order chi connectivity index (χ0) is 26.4. The maximum absolute atomic E-state index is 13.5. The fourth-order valence-corrected chi connectivity index (χ4v) is 5.30. The fraction of sp³-hybridized carbons (Fsp3) is 0.154. The summed E-state index contributed by atoms with van der Waals surface area (Å²) in [6.45, 7) is 1.46. The molecule has 10 nitrogen and oxygen atoms in total. The highest BCUT2D eigenvalue weighted by Crippen LogP contribution is 2.37. The largest absolute Gasteiger partial charge is 0.339 e. The molecule has 1 aliphatic heterocycles. The highest BCUT2D eigenvalue weighted by molar-refractivity contribution is 6.31. The monoisotopic (exact) mass is 546 g/mol. The number of hydrogen-bond donors (Lipinski definition) is 2. The normalized spacial score (nSPS) is 14.4. The van der Waals surface area contributed by atoms with Gasteiger partial charge in [0.05, 0.1) is 17.4 Å². The van der Waals surface area contributed by atoms with Crippen LogP contribution in [0.25, 0.3) is 28.2 Å². The third-order valence-corrected chi connectivity index (χ3v) is 7.02. The number of nitrogens with one attached hydrogen (secondary N) is 2. The Kier molecular flexibility index (Phi) is 6.05. The van der Waals surface area contributed by atoms with Gasteiger partial charge in [-0.1, -0.05) is 23.2 Å². The number of benzene rings is 2. The first-order valence-corrected chi connectivity index (χ1v) is 12.5. The van der Waals surface area contributed by atoms with Gasteiger partial charge in [0.15, 0.2) is 5.15 Å². The Morgan fingerprint density at radius 2 is 1.89 bits per heavy atom. The van der Waals surface area contributed by atoms with Crippen LogP contribution < -0.4 is 10.9 Å². The van der Waals surface area contributed by atoms with Crippen molar-refractivity contribution in [3.63, 3.8) is 0 Å². The molecule has 0 radical (unpaired) electrons. The van der Waals surface area contributed by atoms with Gasteiger partial charge in [0.2, 0.25) is 5.91 Å². The summed E-state index contributed by atoms with van der Waals surface area (Å²) >= 11 is 12.9. The van der Waals surface area contributed by atoms with E-state index >= 15 is 0 Å². The molecule has 12 heteroatoms. The van der Waals surface area contributed by atoms with E-state index in [0.29, 0.717) is 45.9 Å². The van der Waals surface area contributed by atoms with Gasteiger partial charge in [-0.05, 0) is 77.4 Å². The molecule has 0 fully saturated rings. The number of aromatic amines is 1. The first-order valence-electron chi connectivity index (χ1n) is 11.8. The SMILES string of the molecule is CC(=O)Nc1ccc(-c2nc(Cl)c([C@@H]3CCc4cc(-c5cc(Cl)ccc5-n5cnnn5)cc(=O)n43)[nH]2)cc1. The summed E-state index contributed by atoms with van der Waals surface area (Å²) in [6.07, 6.45) is 2.87. The highest BCUT2D eigenvalue weighted by atomic mass is 35.5. The van der Waals surface area contributed by atoms with Crippen LogP contribution >= 0.6 is 23.2 Å². The summed E-state index contributed by atoms with van der Waals surface area (Å²) in [5.41, 5.74) is 5.09. The lowest BCUT2D eigenvalue weighted by Crippen LogP contribution is -2.23. The van der Waals surface area contributed by atoms with Crippen molar-refractivity contribution < 1.29 is 4.79 Å². The zero-order valence-electron chi connectivity index (χ0n) is 20.0. The van der Waals surface area contributed by atoms with E-state index in [4.69, 9.17) is 23.2 Å². The molecule has 1 atom stereocenters. The summed E-state index contributed by atoms with van der Waals surface area (Å²) in [4.78, 5) is 32.6. The van der Waals surface area contributed by atoms with E-state index in [1.165, 1.54) is 17.9 Å². The third-order valence-electron chi connectivity index (χ3n) is 6.50. The van der Waals surface area contributed by atoms with Gasteiger partial charge in [-0.3, -0.25) is 9.59 Å². The Hall–Kier alpha value is -4.28. The minimum atomic E-state index is -0.280. The van der Waals surface area contributed by atoms with Crippen molar-refractivity contribution in [3.05, 3.63) is 92.8 Å². The number of aryl methyl sites for hydroxylation is 1. The number of halogens is 2. The maximum atomic E-state index is 13.5. The van der Waals surface area contributed by atoms with Gasteiger partial charge in [-0.25, -0.2) is 4.98 Å². The number of rotatable bonds is 5. The first-order chi connectivity index (χ1) is 18.4. The van der Waals surface area contributed by atoms with Crippen molar-refractivity contribution in [3.8, 4) is 28.2 Å². The Balaban J connectivity index is 1.35. The molecule has 3 aromatic heterocycles. The van der Waals surface area contributed by atoms with Crippen LogP contribution in [0, 0.1) is 0 Å². The number of carbonyl (C=O) groups excluding carboxylic acids is 1. The molecule has 2 aromatic carbocycles. The van der Waals surface area contributed by atoms with E-state index < -0.39 is 0 Å². The quantitative estimate of drug-likeness (QED) is 0.329. The number of nitrogens with zero attached hydrogens (tertiary/aromatic N) is 6. The molecule has 5 aromatic rings. The molecule has 0 saturated heterocycles. The molecule has 0 unspecified atom stereocenters. The average molecular weight is 547 g/mol. The Bertz CT molecular complexity index is 1730. The second kappa shape index (κ2) is 9.55. The summed E-state index contributed by atoms with van der Waals surface area (Å²) < 4.78 is 3.29. The topological polar surface area (TPSA) is 123 Å².